The molecule has 0 radical (unpaired) electrons. The molecule has 116 valence electrons. The summed E-state index contributed by atoms with van der Waals surface area (Å²) >= 11 is 0. The molecule has 0 spiro atoms. The fourth-order valence-electron chi connectivity index (χ4n) is 2.27. The van der Waals surface area contributed by atoms with Crippen LogP contribution in [-0.4, -0.2) is 41.3 Å². The lowest BCUT2D eigenvalue weighted by atomic mass is 10.2. The van der Waals surface area contributed by atoms with Crippen molar-refractivity contribution >= 4 is 11.9 Å². The topological polar surface area (TPSA) is 114 Å². The van der Waals surface area contributed by atoms with Gasteiger partial charge in [0.25, 0.3) is 5.91 Å². The summed E-state index contributed by atoms with van der Waals surface area (Å²) in [7, 11) is 0. The number of aromatic nitrogens is 7. The Morgan fingerprint density at radius 2 is 2.09 bits per heavy atom. The van der Waals surface area contributed by atoms with E-state index in [2.05, 4.69) is 36.0 Å². The van der Waals surface area contributed by atoms with E-state index in [4.69, 9.17) is 0 Å². The van der Waals surface area contributed by atoms with E-state index in [0.29, 0.717) is 23.3 Å². The van der Waals surface area contributed by atoms with Crippen molar-refractivity contribution in [1.29, 1.82) is 0 Å². The maximum Gasteiger partial charge on any atom is 0.258 e. The molecule has 0 atom stereocenters. The molecule has 1 saturated carbocycles. The van der Waals surface area contributed by atoms with E-state index in [0.717, 1.165) is 24.4 Å². The van der Waals surface area contributed by atoms with Crippen LogP contribution in [-0.2, 0) is 0 Å². The maximum absolute atomic E-state index is 12.2. The van der Waals surface area contributed by atoms with Crippen molar-refractivity contribution in [2.75, 3.05) is 5.32 Å². The van der Waals surface area contributed by atoms with E-state index in [-0.39, 0.29) is 5.91 Å². The van der Waals surface area contributed by atoms with E-state index in [1.54, 1.807) is 35.9 Å². The lowest BCUT2D eigenvalue weighted by molar-refractivity contribution is 0.102. The Kier molecular flexibility index (Phi) is 3.11. The van der Waals surface area contributed by atoms with Crippen molar-refractivity contribution in [3.05, 3.63) is 41.5 Å². The van der Waals surface area contributed by atoms with Crippen LogP contribution in [0.5, 0.6) is 0 Å². The molecule has 1 aliphatic carbocycles. The summed E-state index contributed by atoms with van der Waals surface area (Å²) in [6.45, 7) is 1.81. The third-order valence-electron chi connectivity index (χ3n) is 3.69. The number of aromatic amines is 1. The van der Waals surface area contributed by atoms with Crippen LogP contribution < -0.4 is 5.32 Å². The van der Waals surface area contributed by atoms with Crippen LogP contribution in [0.25, 0.3) is 5.69 Å². The molecule has 23 heavy (non-hydrogen) atoms. The minimum absolute atomic E-state index is 0.258. The van der Waals surface area contributed by atoms with Gasteiger partial charge in [0.2, 0.25) is 5.95 Å². The Bertz CT molecular complexity index is 846. The molecule has 9 nitrogen and oxygen atoms in total. The summed E-state index contributed by atoms with van der Waals surface area (Å²) in [6, 6.07) is 6.98. The van der Waals surface area contributed by atoms with Crippen LogP contribution >= 0.6 is 0 Å². The van der Waals surface area contributed by atoms with Crippen molar-refractivity contribution in [2.24, 2.45) is 0 Å². The third kappa shape index (κ3) is 2.68. The number of anilines is 1. The van der Waals surface area contributed by atoms with E-state index in [1.807, 2.05) is 0 Å². The molecule has 4 rings (SSSR count). The SMILES string of the molecule is Cc1nnnn1-c1ccc(C(=O)Nc2n[nH]c(C3CC3)n2)cc1. The minimum Gasteiger partial charge on any atom is -0.289 e. The summed E-state index contributed by atoms with van der Waals surface area (Å²) < 4.78 is 1.60. The number of amides is 1. The molecule has 1 fully saturated rings. The van der Waals surface area contributed by atoms with Gasteiger partial charge in [0.15, 0.2) is 5.82 Å². The van der Waals surface area contributed by atoms with Crippen molar-refractivity contribution < 1.29 is 4.79 Å². The zero-order chi connectivity index (χ0) is 15.8. The largest absolute Gasteiger partial charge is 0.289 e. The summed E-state index contributed by atoms with van der Waals surface area (Å²) in [5.41, 5.74) is 1.30. The average molecular weight is 310 g/mol. The number of tetrazole rings is 1. The summed E-state index contributed by atoms with van der Waals surface area (Å²) in [5.74, 6) is 2.02. The van der Waals surface area contributed by atoms with Crippen LogP contribution in [0.4, 0.5) is 5.95 Å². The normalized spacial score (nSPS) is 14.0. The molecule has 0 bridgehead atoms. The minimum atomic E-state index is -0.258. The van der Waals surface area contributed by atoms with Gasteiger partial charge in [0.05, 0.1) is 5.69 Å². The van der Waals surface area contributed by atoms with E-state index in [9.17, 15) is 4.79 Å². The number of rotatable bonds is 4. The molecule has 2 heterocycles. The van der Waals surface area contributed by atoms with Gasteiger partial charge in [0, 0.05) is 11.5 Å². The molecule has 3 aromatic rings. The van der Waals surface area contributed by atoms with Gasteiger partial charge in [-0.15, -0.1) is 10.2 Å². The predicted molar refractivity (Wildman–Crippen MR) is 80.2 cm³/mol. The summed E-state index contributed by atoms with van der Waals surface area (Å²) in [6.07, 6.45) is 2.25. The van der Waals surface area contributed by atoms with Gasteiger partial charge in [-0.1, -0.05) is 0 Å². The molecule has 1 aromatic carbocycles. The zero-order valence-electron chi connectivity index (χ0n) is 12.4. The number of carbonyl (C=O) groups is 1. The first kappa shape index (κ1) is 13.6. The Balaban J connectivity index is 1.48. The van der Waals surface area contributed by atoms with Crippen LogP contribution in [0.3, 0.4) is 0 Å². The molecule has 9 heteroatoms. The van der Waals surface area contributed by atoms with Gasteiger partial charge < -0.3 is 0 Å². The number of benzene rings is 1. The monoisotopic (exact) mass is 310 g/mol. The van der Waals surface area contributed by atoms with E-state index in [1.165, 1.54) is 0 Å². The van der Waals surface area contributed by atoms with Gasteiger partial charge in [-0.05, 0) is 54.5 Å². The molecule has 0 aliphatic heterocycles. The molecular weight excluding hydrogens is 296 g/mol. The second kappa shape index (κ2) is 5.27. The van der Waals surface area contributed by atoms with Crippen molar-refractivity contribution in [1.82, 2.24) is 35.4 Å². The molecular formula is C14H14N8O. The number of hydrogen-bond donors (Lipinski definition) is 2. The van der Waals surface area contributed by atoms with Gasteiger partial charge >= 0.3 is 0 Å². The van der Waals surface area contributed by atoms with Crippen molar-refractivity contribution in [3.8, 4) is 5.69 Å². The fraction of sp³-hybridized carbons (Fsp3) is 0.286. The number of nitrogens with zero attached hydrogens (tertiary/aromatic N) is 6. The number of carbonyl (C=O) groups excluding carboxylic acids is 1. The van der Waals surface area contributed by atoms with Crippen LogP contribution in [0.15, 0.2) is 24.3 Å². The highest BCUT2D eigenvalue weighted by atomic mass is 16.1. The van der Waals surface area contributed by atoms with Gasteiger partial charge in [-0.3, -0.25) is 15.2 Å². The lowest BCUT2D eigenvalue weighted by Crippen LogP contribution is -2.13. The smallest absolute Gasteiger partial charge is 0.258 e. The molecule has 0 saturated heterocycles. The van der Waals surface area contributed by atoms with Gasteiger partial charge in [-0.25, -0.2) is 0 Å². The highest BCUT2D eigenvalue weighted by Crippen LogP contribution is 2.38. The van der Waals surface area contributed by atoms with Gasteiger partial charge in [-0.2, -0.15) is 9.67 Å². The quantitative estimate of drug-likeness (QED) is 0.749. The second-order valence-corrected chi connectivity index (χ2v) is 5.46. The molecule has 0 unspecified atom stereocenters. The van der Waals surface area contributed by atoms with Crippen LogP contribution in [0.2, 0.25) is 0 Å². The molecule has 2 aromatic heterocycles. The Morgan fingerprint density at radius 3 is 2.74 bits per heavy atom. The highest BCUT2D eigenvalue weighted by Gasteiger charge is 2.27. The second-order valence-electron chi connectivity index (χ2n) is 5.46. The third-order valence-corrected chi connectivity index (χ3v) is 3.69. The van der Waals surface area contributed by atoms with Crippen LogP contribution in [0, 0.1) is 6.92 Å². The Hall–Kier alpha value is -3.10. The molecule has 2 N–H and O–H groups in total. The number of H-pyrrole nitrogens is 1. The van der Waals surface area contributed by atoms with E-state index >= 15 is 0 Å². The summed E-state index contributed by atoms with van der Waals surface area (Å²) in [4.78, 5) is 16.5. The fourth-order valence-corrected chi connectivity index (χ4v) is 2.27. The average Bonchev–Trinajstić information content (AvgIpc) is 3.16. The molecule has 1 amide bonds. The predicted octanol–water partition coefficient (Wildman–Crippen LogP) is 1.22. The lowest BCUT2D eigenvalue weighted by Gasteiger charge is -2.04. The van der Waals surface area contributed by atoms with Gasteiger partial charge in [0.1, 0.15) is 5.82 Å². The van der Waals surface area contributed by atoms with E-state index < -0.39 is 0 Å². The highest BCUT2D eigenvalue weighted by molar-refractivity contribution is 6.03. The van der Waals surface area contributed by atoms with Crippen molar-refractivity contribution in [3.63, 3.8) is 0 Å². The Morgan fingerprint density at radius 1 is 1.30 bits per heavy atom. The first-order valence-electron chi connectivity index (χ1n) is 7.30. The number of nitrogens with one attached hydrogen (secondary N) is 2. The van der Waals surface area contributed by atoms with Crippen molar-refractivity contribution in [2.45, 2.75) is 25.7 Å². The first-order chi connectivity index (χ1) is 11.2. The molecule has 1 aliphatic rings. The summed E-state index contributed by atoms with van der Waals surface area (Å²) in [5, 5.41) is 20.9. The number of aryl methyl sites for hydroxylation is 1. The zero-order valence-corrected chi connectivity index (χ0v) is 12.4. The van der Waals surface area contributed by atoms with Crippen LogP contribution in [0.1, 0.15) is 40.8 Å². The Labute approximate surface area is 131 Å². The standard InChI is InChI=1S/C14H14N8O/c1-8-17-20-21-22(8)11-6-4-10(5-7-11)13(23)16-14-15-12(18-19-14)9-2-3-9/h4-7,9H,2-3H2,1H3,(H2,15,16,18,19,23). The first-order valence-corrected chi connectivity index (χ1v) is 7.30. The number of hydrogen-bond acceptors (Lipinski definition) is 6. The maximum atomic E-state index is 12.2.